The molecule has 0 saturated carbocycles. The topological polar surface area (TPSA) is 99.3 Å². The molecule has 1 aromatic rings. The molecule has 1 unspecified atom stereocenters. The molecule has 1 aromatic heterocycles. The molecule has 0 radical (unpaired) electrons. The van der Waals surface area contributed by atoms with Gasteiger partial charge >= 0.3 is 5.97 Å². The zero-order chi connectivity index (χ0) is 14.6. The number of pyridine rings is 1. The summed E-state index contributed by atoms with van der Waals surface area (Å²) in [6.45, 7) is 4.95. The Morgan fingerprint density at radius 1 is 1.47 bits per heavy atom. The molecule has 104 valence electrons. The maximum Gasteiger partial charge on any atom is 0.329 e. The Morgan fingerprint density at radius 3 is 2.58 bits per heavy atom. The molecule has 0 aromatic carbocycles. The van der Waals surface area contributed by atoms with Crippen LogP contribution in [0.3, 0.4) is 0 Å². The van der Waals surface area contributed by atoms with Crippen molar-refractivity contribution in [1.82, 2.24) is 10.3 Å². The number of aromatic nitrogens is 1. The Morgan fingerprint density at radius 2 is 2.11 bits per heavy atom. The highest BCUT2D eigenvalue weighted by molar-refractivity contribution is 5.97. The number of aryl methyl sites for hydroxylation is 1. The van der Waals surface area contributed by atoms with Gasteiger partial charge in [-0.2, -0.15) is 0 Å². The van der Waals surface area contributed by atoms with Crippen LogP contribution in [0.1, 0.15) is 42.7 Å². The summed E-state index contributed by atoms with van der Waals surface area (Å²) in [5.41, 5.74) is -1.26. The van der Waals surface area contributed by atoms with Crippen LogP contribution in [-0.4, -0.2) is 27.5 Å². The second-order valence-electron chi connectivity index (χ2n) is 4.74. The zero-order valence-electron chi connectivity index (χ0n) is 11.2. The third kappa shape index (κ3) is 3.43. The Labute approximate surface area is 110 Å². The number of hydrogen-bond acceptors (Lipinski definition) is 3. The van der Waals surface area contributed by atoms with E-state index in [9.17, 15) is 19.5 Å². The lowest BCUT2D eigenvalue weighted by Crippen LogP contribution is -2.52. The molecule has 0 saturated heterocycles. The predicted molar refractivity (Wildman–Crippen MR) is 70.2 cm³/mol. The van der Waals surface area contributed by atoms with Gasteiger partial charge in [-0.15, -0.1) is 0 Å². The fraction of sp³-hybridized carbons (Fsp3) is 0.462. The molecule has 0 bridgehead atoms. The van der Waals surface area contributed by atoms with Gasteiger partial charge in [-0.05, 0) is 20.3 Å². The maximum absolute atomic E-state index is 12.0. The van der Waals surface area contributed by atoms with Crippen molar-refractivity contribution in [3.8, 4) is 0 Å². The van der Waals surface area contributed by atoms with E-state index in [1.165, 1.54) is 19.2 Å². The van der Waals surface area contributed by atoms with Gasteiger partial charge in [-0.3, -0.25) is 9.59 Å². The van der Waals surface area contributed by atoms with E-state index in [-0.39, 0.29) is 12.0 Å². The number of aliphatic carboxylic acids is 1. The average molecular weight is 266 g/mol. The Bertz CT molecular complexity index is 550. The molecule has 1 atom stereocenters. The predicted octanol–water partition coefficient (Wildman–Crippen LogP) is 1.06. The summed E-state index contributed by atoms with van der Waals surface area (Å²) in [7, 11) is 0. The van der Waals surface area contributed by atoms with Crippen LogP contribution in [0.2, 0.25) is 0 Å². The highest BCUT2D eigenvalue weighted by atomic mass is 16.4. The Hall–Kier alpha value is -2.11. The number of hydrogen-bond donors (Lipinski definition) is 3. The van der Waals surface area contributed by atoms with Crippen LogP contribution in [0.4, 0.5) is 0 Å². The number of nitrogens with one attached hydrogen (secondary N) is 2. The van der Waals surface area contributed by atoms with Crippen LogP contribution in [-0.2, 0) is 4.79 Å². The van der Waals surface area contributed by atoms with E-state index in [1.807, 2.05) is 6.92 Å². The van der Waals surface area contributed by atoms with Crippen LogP contribution in [0.25, 0.3) is 0 Å². The van der Waals surface area contributed by atoms with Gasteiger partial charge in [0.1, 0.15) is 11.1 Å². The number of aromatic amines is 1. The molecule has 0 aliphatic carbocycles. The molecular formula is C13H18N2O4. The molecule has 0 spiro atoms. The summed E-state index contributed by atoms with van der Waals surface area (Å²) in [6, 6.07) is 1.30. The van der Waals surface area contributed by atoms with E-state index >= 15 is 0 Å². The summed E-state index contributed by atoms with van der Waals surface area (Å²) >= 11 is 0. The van der Waals surface area contributed by atoms with Crippen molar-refractivity contribution < 1.29 is 14.7 Å². The van der Waals surface area contributed by atoms with E-state index in [0.29, 0.717) is 12.1 Å². The van der Waals surface area contributed by atoms with Gasteiger partial charge in [0.15, 0.2) is 5.43 Å². The maximum atomic E-state index is 12.0. The summed E-state index contributed by atoms with van der Waals surface area (Å²) in [5, 5.41) is 11.6. The molecule has 6 nitrogen and oxygen atoms in total. The normalized spacial score (nSPS) is 13.6. The van der Waals surface area contributed by atoms with E-state index in [4.69, 9.17) is 0 Å². The lowest BCUT2D eigenvalue weighted by molar-refractivity contribution is -0.144. The number of H-pyrrole nitrogens is 1. The first-order valence-electron chi connectivity index (χ1n) is 6.05. The lowest BCUT2D eigenvalue weighted by Gasteiger charge is -2.25. The number of carbonyl (C=O) groups is 2. The minimum Gasteiger partial charge on any atom is -0.480 e. The number of carboxylic acids is 1. The van der Waals surface area contributed by atoms with Gasteiger partial charge in [0, 0.05) is 18.0 Å². The van der Waals surface area contributed by atoms with Gasteiger partial charge in [0.2, 0.25) is 0 Å². The third-order valence-corrected chi connectivity index (χ3v) is 2.91. The first-order valence-corrected chi connectivity index (χ1v) is 6.05. The Kier molecular flexibility index (Phi) is 4.47. The van der Waals surface area contributed by atoms with Crippen LogP contribution < -0.4 is 10.7 Å². The lowest BCUT2D eigenvalue weighted by atomic mass is 9.96. The smallest absolute Gasteiger partial charge is 0.329 e. The van der Waals surface area contributed by atoms with Gasteiger partial charge in [0.05, 0.1) is 0 Å². The molecule has 3 N–H and O–H groups in total. The van der Waals surface area contributed by atoms with Gasteiger partial charge in [0.25, 0.3) is 5.91 Å². The SMILES string of the molecule is CCCC(C)(NC(=O)c1c[nH]c(C)cc1=O)C(=O)O. The fourth-order valence-corrected chi connectivity index (χ4v) is 1.79. The molecule has 6 heteroatoms. The highest BCUT2D eigenvalue weighted by Crippen LogP contribution is 2.13. The van der Waals surface area contributed by atoms with Crippen molar-refractivity contribution in [2.24, 2.45) is 0 Å². The fourth-order valence-electron chi connectivity index (χ4n) is 1.79. The van der Waals surface area contributed by atoms with Crippen molar-refractivity contribution in [2.75, 3.05) is 0 Å². The molecule has 1 rings (SSSR count). The first kappa shape index (κ1) is 14.9. The number of carboxylic acid groups (broad SMARTS) is 1. The monoisotopic (exact) mass is 266 g/mol. The number of amides is 1. The number of carbonyl (C=O) groups excluding carboxylic acids is 1. The van der Waals surface area contributed by atoms with Gasteiger partial charge in [-0.25, -0.2) is 4.79 Å². The third-order valence-electron chi connectivity index (χ3n) is 2.91. The average Bonchev–Trinajstić information content (AvgIpc) is 2.28. The van der Waals surface area contributed by atoms with Crippen LogP contribution in [0, 0.1) is 6.92 Å². The summed E-state index contributed by atoms with van der Waals surface area (Å²) < 4.78 is 0. The van der Waals surface area contributed by atoms with Crippen molar-refractivity contribution in [3.05, 3.63) is 33.7 Å². The number of rotatable bonds is 5. The van der Waals surface area contributed by atoms with Crippen LogP contribution >= 0.6 is 0 Å². The van der Waals surface area contributed by atoms with Gasteiger partial charge < -0.3 is 15.4 Å². The Balaban J connectivity index is 3.01. The molecule has 1 heterocycles. The van der Waals surface area contributed by atoms with Crippen molar-refractivity contribution in [2.45, 2.75) is 39.2 Å². The largest absolute Gasteiger partial charge is 0.480 e. The molecule has 0 aliphatic heterocycles. The molecule has 19 heavy (non-hydrogen) atoms. The van der Waals surface area contributed by atoms with E-state index < -0.39 is 22.8 Å². The quantitative estimate of drug-likeness (QED) is 0.741. The zero-order valence-corrected chi connectivity index (χ0v) is 11.2. The standard InChI is InChI=1S/C13H18N2O4/c1-4-5-13(3,12(18)19)15-11(17)9-7-14-8(2)6-10(9)16/h6-7H,4-5H2,1-3H3,(H,14,16)(H,15,17)(H,18,19). The summed E-state index contributed by atoms with van der Waals surface area (Å²) in [4.78, 5) is 37.6. The second kappa shape index (κ2) is 5.69. The molecule has 0 aliphatic rings. The van der Waals surface area contributed by atoms with Crippen LogP contribution in [0.5, 0.6) is 0 Å². The van der Waals surface area contributed by atoms with Crippen molar-refractivity contribution in [1.29, 1.82) is 0 Å². The second-order valence-corrected chi connectivity index (χ2v) is 4.74. The molecular weight excluding hydrogens is 248 g/mol. The molecule has 1 amide bonds. The minimum atomic E-state index is -1.37. The van der Waals surface area contributed by atoms with E-state index in [1.54, 1.807) is 6.92 Å². The van der Waals surface area contributed by atoms with E-state index in [0.717, 1.165) is 0 Å². The molecule has 0 fully saturated rings. The van der Waals surface area contributed by atoms with Crippen molar-refractivity contribution in [3.63, 3.8) is 0 Å². The van der Waals surface area contributed by atoms with Crippen LogP contribution in [0.15, 0.2) is 17.1 Å². The van der Waals surface area contributed by atoms with Crippen molar-refractivity contribution >= 4 is 11.9 Å². The highest BCUT2D eigenvalue weighted by Gasteiger charge is 2.34. The first-order chi connectivity index (χ1) is 8.80. The van der Waals surface area contributed by atoms with E-state index in [2.05, 4.69) is 10.3 Å². The van der Waals surface area contributed by atoms with Gasteiger partial charge in [-0.1, -0.05) is 13.3 Å². The minimum absolute atomic E-state index is 0.0887. The summed E-state index contributed by atoms with van der Waals surface area (Å²) in [5.74, 6) is -1.80. The summed E-state index contributed by atoms with van der Waals surface area (Å²) in [6.07, 6.45) is 2.19.